The Morgan fingerprint density at radius 1 is 1.00 bits per heavy atom. The molecule has 2 aromatic carbocycles. The highest BCUT2D eigenvalue weighted by Gasteiger charge is 2.10. The number of hydrogen-bond acceptors (Lipinski definition) is 1. The van der Waals surface area contributed by atoms with Crippen LogP contribution in [-0.4, -0.2) is 0 Å². The molecule has 0 aromatic heterocycles. The van der Waals surface area contributed by atoms with E-state index in [9.17, 15) is 0 Å². The van der Waals surface area contributed by atoms with Crippen molar-refractivity contribution in [1.82, 2.24) is 0 Å². The number of aryl methyl sites for hydroxylation is 1. The van der Waals surface area contributed by atoms with E-state index in [0.717, 1.165) is 16.9 Å². The summed E-state index contributed by atoms with van der Waals surface area (Å²) in [5.74, 6) is 3.50. The number of ether oxygens (including phenoxy) is 1. The van der Waals surface area contributed by atoms with Gasteiger partial charge in [-0.15, -0.1) is 6.42 Å². The minimum absolute atomic E-state index is 0.336. The second kappa shape index (κ2) is 5.23. The SMILES string of the molecule is C#C[C@@H](Oc1ccccc1C)c1ccccc1. The first-order chi connectivity index (χ1) is 8.31. The molecule has 0 amide bonds. The predicted octanol–water partition coefficient (Wildman–Crippen LogP) is 3.75. The second-order valence-electron chi connectivity index (χ2n) is 3.84. The zero-order valence-corrected chi connectivity index (χ0v) is 9.76. The third-order valence-electron chi connectivity index (χ3n) is 2.59. The Morgan fingerprint density at radius 2 is 1.65 bits per heavy atom. The lowest BCUT2D eigenvalue weighted by Crippen LogP contribution is -2.05. The average Bonchev–Trinajstić information content (AvgIpc) is 2.39. The summed E-state index contributed by atoms with van der Waals surface area (Å²) < 4.78 is 5.84. The quantitative estimate of drug-likeness (QED) is 0.719. The van der Waals surface area contributed by atoms with Crippen molar-refractivity contribution in [1.29, 1.82) is 0 Å². The molecule has 1 heteroatoms. The van der Waals surface area contributed by atoms with Crippen molar-refractivity contribution in [2.75, 3.05) is 0 Å². The molecule has 84 valence electrons. The van der Waals surface area contributed by atoms with Gasteiger partial charge in [0.05, 0.1) is 0 Å². The van der Waals surface area contributed by atoms with Crippen molar-refractivity contribution >= 4 is 0 Å². The van der Waals surface area contributed by atoms with E-state index in [2.05, 4.69) is 5.92 Å². The maximum absolute atomic E-state index is 5.84. The summed E-state index contributed by atoms with van der Waals surface area (Å²) in [6.45, 7) is 2.01. The van der Waals surface area contributed by atoms with E-state index >= 15 is 0 Å². The van der Waals surface area contributed by atoms with Gasteiger partial charge in [0.1, 0.15) is 5.75 Å². The largest absolute Gasteiger partial charge is 0.473 e. The highest BCUT2D eigenvalue weighted by molar-refractivity contribution is 5.34. The normalized spacial score (nSPS) is 11.5. The van der Waals surface area contributed by atoms with Crippen LogP contribution in [0.1, 0.15) is 17.2 Å². The van der Waals surface area contributed by atoms with Crippen molar-refractivity contribution in [3.05, 3.63) is 65.7 Å². The number of benzene rings is 2. The average molecular weight is 222 g/mol. The Labute approximate surface area is 102 Å². The molecule has 0 radical (unpaired) electrons. The van der Waals surface area contributed by atoms with Crippen LogP contribution in [0.15, 0.2) is 54.6 Å². The lowest BCUT2D eigenvalue weighted by Gasteiger charge is -2.15. The highest BCUT2D eigenvalue weighted by atomic mass is 16.5. The molecule has 0 saturated heterocycles. The topological polar surface area (TPSA) is 9.23 Å². The molecule has 0 fully saturated rings. The molecule has 1 atom stereocenters. The van der Waals surface area contributed by atoms with Gasteiger partial charge in [0, 0.05) is 5.56 Å². The van der Waals surface area contributed by atoms with Crippen molar-refractivity contribution in [2.45, 2.75) is 13.0 Å². The van der Waals surface area contributed by atoms with E-state index in [-0.39, 0.29) is 6.10 Å². The van der Waals surface area contributed by atoms with Crippen LogP contribution < -0.4 is 4.74 Å². The zero-order chi connectivity index (χ0) is 12.1. The summed E-state index contributed by atoms with van der Waals surface area (Å²) in [5, 5.41) is 0. The molecule has 0 spiro atoms. The Kier molecular flexibility index (Phi) is 3.47. The molecule has 17 heavy (non-hydrogen) atoms. The minimum atomic E-state index is -0.336. The fraction of sp³-hybridized carbons (Fsp3) is 0.125. The zero-order valence-electron chi connectivity index (χ0n) is 9.76. The van der Waals surface area contributed by atoms with E-state index in [1.807, 2.05) is 61.5 Å². The molecule has 2 rings (SSSR count). The third kappa shape index (κ3) is 2.68. The van der Waals surface area contributed by atoms with Crippen LogP contribution >= 0.6 is 0 Å². The molecule has 0 heterocycles. The molecule has 0 aliphatic carbocycles. The van der Waals surface area contributed by atoms with Crippen LogP contribution in [0.4, 0.5) is 0 Å². The molecule has 0 bridgehead atoms. The first kappa shape index (κ1) is 11.3. The van der Waals surface area contributed by atoms with Gasteiger partial charge < -0.3 is 4.74 Å². The fourth-order valence-corrected chi connectivity index (χ4v) is 1.64. The lowest BCUT2D eigenvalue weighted by atomic mass is 10.1. The van der Waals surface area contributed by atoms with E-state index in [0.29, 0.717) is 0 Å². The van der Waals surface area contributed by atoms with Gasteiger partial charge in [0.2, 0.25) is 0 Å². The van der Waals surface area contributed by atoms with Crippen LogP contribution in [0.5, 0.6) is 5.75 Å². The predicted molar refractivity (Wildman–Crippen MR) is 69.8 cm³/mol. The summed E-state index contributed by atoms with van der Waals surface area (Å²) >= 11 is 0. The van der Waals surface area contributed by atoms with E-state index in [1.54, 1.807) is 0 Å². The number of terminal acetylenes is 1. The van der Waals surface area contributed by atoms with Gasteiger partial charge in [-0.3, -0.25) is 0 Å². The maximum atomic E-state index is 5.84. The summed E-state index contributed by atoms with van der Waals surface area (Å²) in [5.41, 5.74) is 2.09. The van der Waals surface area contributed by atoms with Gasteiger partial charge in [-0.2, -0.15) is 0 Å². The van der Waals surface area contributed by atoms with Crippen molar-refractivity contribution in [3.63, 3.8) is 0 Å². The minimum Gasteiger partial charge on any atom is -0.473 e. The van der Waals surface area contributed by atoms with Gasteiger partial charge >= 0.3 is 0 Å². The molecule has 1 nitrogen and oxygen atoms in total. The van der Waals surface area contributed by atoms with Crippen LogP contribution in [-0.2, 0) is 0 Å². The van der Waals surface area contributed by atoms with Gasteiger partial charge in [0.15, 0.2) is 6.10 Å². The van der Waals surface area contributed by atoms with Gasteiger partial charge in [-0.05, 0) is 18.6 Å². The highest BCUT2D eigenvalue weighted by Crippen LogP contribution is 2.24. The van der Waals surface area contributed by atoms with Crippen molar-refractivity contribution in [2.24, 2.45) is 0 Å². The molecule has 0 N–H and O–H groups in total. The maximum Gasteiger partial charge on any atom is 0.184 e. The van der Waals surface area contributed by atoms with Gasteiger partial charge in [-0.1, -0.05) is 54.5 Å². The molecule has 0 aliphatic heterocycles. The summed E-state index contributed by atoms with van der Waals surface area (Å²) in [7, 11) is 0. The monoisotopic (exact) mass is 222 g/mol. The Hall–Kier alpha value is -2.20. The number of para-hydroxylation sites is 1. The third-order valence-corrected chi connectivity index (χ3v) is 2.59. The van der Waals surface area contributed by atoms with Gasteiger partial charge in [-0.25, -0.2) is 0 Å². The van der Waals surface area contributed by atoms with Crippen LogP contribution in [0, 0.1) is 19.3 Å². The van der Waals surface area contributed by atoms with Gasteiger partial charge in [0.25, 0.3) is 0 Å². The standard InChI is InChI=1S/C16H14O/c1-3-15(14-10-5-4-6-11-14)17-16-12-8-7-9-13(16)2/h1,4-12,15H,2H3/t15-/m1/s1. The lowest BCUT2D eigenvalue weighted by molar-refractivity contribution is 0.263. The Balaban J connectivity index is 2.23. The summed E-state index contributed by atoms with van der Waals surface area (Å²) in [6.07, 6.45) is 5.19. The summed E-state index contributed by atoms with van der Waals surface area (Å²) in [4.78, 5) is 0. The van der Waals surface area contributed by atoms with Crippen molar-refractivity contribution in [3.8, 4) is 18.1 Å². The first-order valence-corrected chi connectivity index (χ1v) is 5.54. The van der Waals surface area contributed by atoms with E-state index in [1.165, 1.54) is 0 Å². The smallest absolute Gasteiger partial charge is 0.184 e. The van der Waals surface area contributed by atoms with Crippen LogP contribution in [0.25, 0.3) is 0 Å². The van der Waals surface area contributed by atoms with E-state index in [4.69, 9.17) is 11.2 Å². The molecular weight excluding hydrogens is 208 g/mol. The van der Waals surface area contributed by atoms with E-state index < -0.39 is 0 Å². The Bertz CT molecular complexity index is 523. The molecule has 0 unspecified atom stereocenters. The second-order valence-corrected chi connectivity index (χ2v) is 3.84. The summed E-state index contributed by atoms with van der Waals surface area (Å²) in [6, 6.07) is 17.7. The van der Waals surface area contributed by atoms with Crippen LogP contribution in [0.2, 0.25) is 0 Å². The molecule has 0 saturated carbocycles. The molecular formula is C16H14O. The molecule has 2 aromatic rings. The van der Waals surface area contributed by atoms with Crippen LogP contribution in [0.3, 0.4) is 0 Å². The molecule has 0 aliphatic rings. The fourth-order valence-electron chi connectivity index (χ4n) is 1.64. The Morgan fingerprint density at radius 3 is 2.29 bits per heavy atom. The first-order valence-electron chi connectivity index (χ1n) is 5.54. The van der Waals surface area contributed by atoms with Crippen molar-refractivity contribution < 1.29 is 4.74 Å². The number of hydrogen-bond donors (Lipinski definition) is 0. The number of rotatable bonds is 3.